The molecule has 0 amide bonds. The molecule has 186 valence electrons. The molecule has 0 aromatic carbocycles. The van der Waals surface area contributed by atoms with E-state index < -0.39 is 0 Å². The van der Waals surface area contributed by atoms with Crippen LogP contribution in [-0.4, -0.2) is 23.3 Å². The third kappa shape index (κ3) is 4.37. The van der Waals surface area contributed by atoms with E-state index in [1.165, 1.54) is 19.8 Å². The number of aliphatic hydroxyl groups excluding tert-OH is 1. The van der Waals surface area contributed by atoms with Crippen LogP contribution in [0.2, 0.25) is 0 Å². The van der Waals surface area contributed by atoms with Gasteiger partial charge in [-0.1, -0.05) is 65.3 Å². The Morgan fingerprint density at radius 3 is 2.52 bits per heavy atom. The number of allylic oxidation sites excluding steroid dienone is 3. The molecule has 4 aliphatic rings. The SMILES string of the molecule is CC(=O)O[C@@H]1CC[C@@]2(C)[C@@H](CC=C3[C@@H]2[C@H](O)C[C@@]2(C)[C@@H]([C@H](C)/C=C/[C@H](C)C(C)C)CC[C@@H]32)C1. The van der Waals surface area contributed by atoms with Crippen LogP contribution in [0.3, 0.4) is 0 Å². The van der Waals surface area contributed by atoms with E-state index >= 15 is 0 Å². The zero-order chi connectivity index (χ0) is 24.1. The molecule has 1 N–H and O–H groups in total. The molecule has 0 radical (unpaired) electrons. The van der Waals surface area contributed by atoms with Crippen LogP contribution in [0.15, 0.2) is 23.8 Å². The minimum absolute atomic E-state index is 0.0539. The number of rotatable bonds is 5. The molecular weight excluding hydrogens is 408 g/mol. The Bertz CT molecular complexity index is 796. The third-order valence-electron chi connectivity index (χ3n) is 10.8. The van der Waals surface area contributed by atoms with Crippen LogP contribution >= 0.6 is 0 Å². The molecule has 0 bridgehead atoms. The van der Waals surface area contributed by atoms with Gasteiger partial charge in [0.1, 0.15) is 6.10 Å². The second-order valence-corrected chi connectivity index (χ2v) is 13.0. The molecular formula is C30H48O3. The first-order valence-electron chi connectivity index (χ1n) is 13.7. The van der Waals surface area contributed by atoms with Gasteiger partial charge >= 0.3 is 5.97 Å². The lowest BCUT2D eigenvalue weighted by molar-refractivity contribution is -0.154. The van der Waals surface area contributed by atoms with Crippen molar-refractivity contribution in [3.05, 3.63) is 23.8 Å². The van der Waals surface area contributed by atoms with E-state index in [-0.39, 0.29) is 34.9 Å². The van der Waals surface area contributed by atoms with Crippen molar-refractivity contribution in [2.75, 3.05) is 0 Å². The molecule has 0 unspecified atom stereocenters. The molecule has 0 saturated heterocycles. The first kappa shape index (κ1) is 25.0. The van der Waals surface area contributed by atoms with Crippen LogP contribution in [0.25, 0.3) is 0 Å². The molecule has 3 nitrogen and oxygen atoms in total. The van der Waals surface area contributed by atoms with Crippen molar-refractivity contribution >= 4 is 5.97 Å². The maximum atomic E-state index is 11.7. The van der Waals surface area contributed by atoms with E-state index in [1.54, 1.807) is 5.57 Å². The summed E-state index contributed by atoms with van der Waals surface area (Å²) in [5, 5.41) is 11.7. The van der Waals surface area contributed by atoms with Crippen molar-refractivity contribution in [3.8, 4) is 0 Å². The smallest absolute Gasteiger partial charge is 0.302 e. The summed E-state index contributed by atoms with van der Waals surface area (Å²) >= 11 is 0. The summed E-state index contributed by atoms with van der Waals surface area (Å²) in [4.78, 5) is 11.5. The summed E-state index contributed by atoms with van der Waals surface area (Å²) in [5.41, 5.74) is 1.89. The van der Waals surface area contributed by atoms with Gasteiger partial charge in [-0.3, -0.25) is 4.79 Å². The number of aliphatic hydroxyl groups is 1. The Morgan fingerprint density at radius 2 is 1.85 bits per heavy atom. The molecule has 10 atom stereocenters. The van der Waals surface area contributed by atoms with Crippen molar-refractivity contribution in [1.29, 1.82) is 0 Å². The Hall–Kier alpha value is -1.09. The molecule has 0 spiro atoms. The number of hydrogen-bond donors (Lipinski definition) is 1. The number of esters is 1. The van der Waals surface area contributed by atoms with E-state index in [0.29, 0.717) is 35.5 Å². The van der Waals surface area contributed by atoms with E-state index in [1.807, 2.05) is 0 Å². The molecule has 33 heavy (non-hydrogen) atoms. The monoisotopic (exact) mass is 456 g/mol. The Balaban J connectivity index is 1.55. The molecule has 4 rings (SSSR count). The Labute approximate surface area is 202 Å². The molecule has 0 aromatic rings. The van der Waals surface area contributed by atoms with Crippen molar-refractivity contribution in [3.63, 3.8) is 0 Å². The molecule has 3 saturated carbocycles. The quantitative estimate of drug-likeness (QED) is 0.359. The zero-order valence-electron chi connectivity index (χ0n) is 22.1. The van der Waals surface area contributed by atoms with Gasteiger partial charge in [0.25, 0.3) is 0 Å². The van der Waals surface area contributed by atoms with Crippen LogP contribution in [0, 0.1) is 52.3 Å². The number of carbonyl (C=O) groups is 1. The van der Waals surface area contributed by atoms with Crippen LogP contribution in [0.1, 0.15) is 93.4 Å². The Kier molecular flexibility index (Phi) is 6.95. The molecule has 0 aliphatic heterocycles. The summed E-state index contributed by atoms with van der Waals surface area (Å²) in [6.45, 7) is 15.8. The zero-order valence-corrected chi connectivity index (χ0v) is 22.1. The standard InChI is InChI=1S/C30H48O3/c1-18(2)19(3)8-9-20(4)25-12-13-26-24-11-10-22-16-23(33-21(5)31)14-15-29(22,6)28(24)27(32)17-30(25,26)7/h8-9,11,18-20,22-23,25-28,32H,10,12-17H2,1-7H3/b9-8+/t19-,20+,22-,23+,25+,26-,27+,28+,29-,30-/m0/s1. The van der Waals surface area contributed by atoms with Gasteiger partial charge in [0.2, 0.25) is 0 Å². The Morgan fingerprint density at radius 1 is 1.12 bits per heavy atom. The second kappa shape index (κ2) is 9.17. The molecule has 0 aromatic heterocycles. The number of ether oxygens (including phenoxy) is 1. The van der Waals surface area contributed by atoms with Crippen LogP contribution in [-0.2, 0) is 9.53 Å². The van der Waals surface area contributed by atoms with Crippen LogP contribution < -0.4 is 0 Å². The average molecular weight is 457 g/mol. The fourth-order valence-corrected chi connectivity index (χ4v) is 8.55. The average Bonchev–Trinajstić information content (AvgIpc) is 3.07. The lowest BCUT2D eigenvalue weighted by atomic mass is 9.47. The predicted molar refractivity (Wildman–Crippen MR) is 134 cm³/mol. The highest BCUT2D eigenvalue weighted by Crippen LogP contribution is 2.66. The fraction of sp³-hybridized carbons (Fsp3) is 0.833. The van der Waals surface area contributed by atoms with E-state index in [2.05, 4.69) is 59.8 Å². The molecule has 0 heterocycles. The largest absolute Gasteiger partial charge is 0.463 e. The van der Waals surface area contributed by atoms with Gasteiger partial charge in [-0.05, 0) is 91.3 Å². The summed E-state index contributed by atoms with van der Waals surface area (Å²) in [6, 6.07) is 0. The highest BCUT2D eigenvalue weighted by Gasteiger charge is 2.61. The lowest BCUT2D eigenvalue weighted by Gasteiger charge is -2.59. The maximum absolute atomic E-state index is 11.7. The first-order valence-corrected chi connectivity index (χ1v) is 13.7. The van der Waals surface area contributed by atoms with Gasteiger partial charge in [-0.2, -0.15) is 0 Å². The van der Waals surface area contributed by atoms with Crippen LogP contribution in [0.4, 0.5) is 0 Å². The minimum Gasteiger partial charge on any atom is -0.463 e. The van der Waals surface area contributed by atoms with Crippen LogP contribution in [0.5, 0.6) is 0 Å². The normalized spacial score (nSPS) is 44.6. The predicted octanol–water partition coefficient (Wildman–Crippen LogP) is 6.95. The number of fused-ring (bicyclic) bond motifs is 5. The second-order valence-electron chi connectivity index (χ2n) is 13.0. The van der Waals surface area contributed by atoms with Gasteiger partial charge in [-0.15, -0.1) is 0 Å². The van der Waals surface area contributed by atoms with Gasteiger partial charge in [0.15, 0.2) is 0 Å². The van der Waals surface area contributed by atoms with Crippen molar-refractivity contribution in [2.45, 2.75) is 106 Å². The summed E-state index contributed by atoms with van der Waals surface area (Å²) in [6.07, 6.45) is 14.7. The highest BCUT2D eigenvalue weighted by molar-refractivity contribution is 5.66. The van der Waals surface area contributed by atoms with Gasteiger partial charge in [0.05, 0.1) is 6.10 Å². The summed E-state index contributed by atoms with van der Waals surface area (Å²) < 4.78 is 5.60. The molecule has 3 fully saturated rings. The number of hydrogen-bond acceptors (Lipinski definition) is 3. The minimum atomic E-state index is -0.262. The molecule has 3 heteroatoms. The summed E-state index contributed by atoms with van der Waals surface area (Å²) in [7, 11) is 0. The van der Waals surface area contributed by atoms with Crippen molar-refractivity contribution < 1.29 is 14.6 Å². The highest BCUT2D eigenvalue weighted by atomic mass is 16.5. The fourth-order valence-electron chi connectivity index (χ4n) is 8.55. The number of carbonyl (C=O) groups excluding carboxylic acids is 1. The first-order chi connectivity index (χ1) is 15.5. The lowest BCUT2D eigenvalue weighted by Crippen LogP contribution is -2.55. The molecule has 4 aliphatic carbocycles. The van der Waals surface area contributed by atoms with E-state index in [9.17, 15) is 9.90 Å². The van der Waals surface area contributed by atoms with Gasteiger partial charge < -0.3 is 9.84 Å². The van der Waals surface area contributed by atoms with Crippen molar-refractivity contribution in [2.24, 2.45) is 52.3 Å². The van der Waals surface area contributed by atoms with Crippen molar-refractivity contribution in [1.82, 2.24) is 0 Å². The summed E-state index contributed by atoms with van der Waals surface area (Å²) in [5.74, 6) is 3.70. The maximum Gasteiger partial charge on any atom is 0.302 e. The third-order valence-corrected chi connectivity index (χ3v) is 10.8. The van der Waals surface area contributed by atoms with E-state index in [0.717, 1.165) is 32.1 Å². The van der Waals surface area contributed by atoms with Gasteiger partial charge in [0, 0.05) is 12.8 Å². The topological polar surface area (TPSA) is 46.5 Å². The van der Waals surface area contributed by atoms with Gasteiger partial charge in [-0.25, -0.2) is 0 Å². The van der Waals surface area contributed by atoms with E-state index in [4.69, 9.17) is 4.74 Å².